The smallest absolute Gasteiger partial charge is 0.290 e. The summed E-state index contributed by atoms with van der Waals surface area (Å²) in [6, 6.07) is 13.2. The number of pyridine rings is 1. The number of aromatic nitrogens is 3. The van der Waals surface area contributed by atoms with E-state index in [1.54, 1.807) is 24.7 Å². The fourth-order valence-electron chi connectivity index (χ4n) is 3.79. The summed E-state index contributed by atoms with van der Waals surface area (Å²) in [7, 11) is 0. The highest BCUT2D eigenvalue weighted by molar-refractivity contribution is 7.98. The third-order valence-corrected chi connectivity index (χ3v) is 6.58. The molecule has 9 heteroatoms. The molecule has 3 aromatic heterocycles. The number of para-hydroxylation sites is 1. The van der Waals surface area contributed by atoms with E-state index in [0.29, 0.717) is 53.5 Å². The van der Waals surface area contributed by atoms with Crippen molar-refractivity contribution in [1.29, 1.82) is 0 Å². The third-order valence-electron chi connectivity index (χ3n) is 5.39. The van der Waals surface area contributed by atoms with Gasteiger partial charge in [-0.05, 0) is 24.3 Å². The minimum atomic E-state index is -0.0995. The normalized spacial score (nSPS) is 14.2. The van der Waals surface area contributed by atoms with E-state index >= 15 is 0 Å². The van der Waals surface area contributed by atoms with Crippen molar-refractivity contribution in [2.75, 3.05) is 31.1 Å². The van der Waals surface area contributed by atoms with Gasteiger partial charge in [-0.3, -0.25) is 4.79 Å². The van der Waals surface area contributed by atoms with Crippen LogP contribution >= 0.6 is 23.4 Å². The van der Waals surface area contributed by atoms with Gasteiger partial charge < -0.3 is 14.2 Å². The fourth-order valence-corrected chi connectivity index (χ4v) is 4.86. The summed E-state index contributed by atoms with van der Waals surface area (Å²) in [6.07, 6.45) is 5.15. The molecule has 162 valence electrons. The van der Waals surface area contributed by atoms with Gasteiger partial charge in [0.2, 0.25) is 0 Å². The maximum absolute atomic E-state index is 13.4. The molecule has 5 rings (SSSR count). The molecule has 0 unspecified atom stereocenters. The van der Waals surface area contributed by atoms with Crippen LogP contribution in [0.2, 0.25) is 5.02 Å². The van der Waals surface area contributed by atoms with Crippen LogP contribution in [-0.2, 0) is 5.75 Å². The van der Waals surface area contributed by atoms with Gasteiger partial charge in [0.05, 0.1) is 5.02 Å². The van der Waals surface area contributed by atoms with Gasteiger partial charge in [0, 0.05) is 61.5 Å². The molecule has 1 aliphatic rings. The van der Waals surface area contributed by atoms with Crippen LogP contribution in [0.3, 0.4) is 0 Å². The van der Waals surface area contributed by atoms with Crippen LogP contribution in [0.5, 0.6) is 0 Å². The van der Waals surface area contributed by atoms with Gasteiger partial charge in [0.15, 0.2) is 10.9 Å². The molecular formula is C23H20ClN5O2S. The van der Waals surface area contributed by atoms with Crippen molar-refractivity contribution in [2.45, 2.75) is 10.9 Å². The van der Waals surface area contributed by atoms with Crippen LogP contribution in [0.25, 0.3) is 11.0 Å². The number of rotatable bonds is 5. The molecule has 1 aliphatic heterocycles. The number of piperazine rings is 1. The minimum absolute atomic E-state index is 0.0995. The monoisotopic (exact) mass is 465 g/mol. The summed E-state index contributed by atoms with van der Waals surface area (Å²) in [5.74, 6) is 1.59. The van der Waals surface area contributed by atoms with E-state index in [1.165, 1.54) is 11.8 Å². The Morgan fingerprint density at radius 3 is 2.50 bits per heavy atom. The lowest BCUT2D eigenvalue weighted by molar-refractivity contribution is 0.0715. The van der Waals surface area contributed by atoms with Crippen LogP contribution in [0.1, 0.15) is 16.1 Å². The fraction of sp³-hybridized carbons (Fsp3) is 0.217. The van der Waals surface area contributed by atoms with Crippen molar-refractivity contribution in [2.24, 2.45) is 0 Å². The molecular weight excluding hydrogens is 446 g/mol. The van der Waals surface area contributed by atoms with Crippen LogP contribution in [0.4, 0.5) is 5.82 Å². The zero-order valence-electron chi connectivity index (χ0n) is 17.1. The lowest BCUT2D eigenvalue weighted by Crippen LogP contribution is -2.49. The summed E-state index contributed by atoms with van der Waals surface area (Å²) in [5.41, 5.74) is 1.58. The second-order valence-electron chi connectivity index (χ2n) is 7.31. The number of carbonyl (C=O) groups excluding carboxylic acids is 1. The molecule has 0 radical (unpaired) electrons. The maximum Gasteiger partial charge on any atom is 0.290 e. The average Bonchev–Trinajstić information content (AvgIpc) is 3.22. The number of amides is 1. The van der Waals surface area contributed by atoms with E-state index in [1.807, 2.05) is 41.3 Å². The zero-order valence-corrected chi connectivity index (χ0v) is 18.7. The Hall–Kier alpha value is -3.10. The molecule has 0 aliphatic carbocycles. The quantitative estimate of drug-likeness (QED) is 0.316. The number of halogens is 1. The Morgan fingerprint density at radius 2 is 1.72 bits per heavy atom. The number of carbonyl (C=O) groups is 1. The highest BCUT2D eigenvalue weighted by atomic mass is 35.5. The largest absolute Gasteiger partial charge is 0.451 e. The molecule has 0 atom stereocenters. The maximum atomic E-state index is 13.4. The SMILES string of the molecule is O=C(c1oc2ccccc2c1CSc1ncccn1)N1CCN(c2ncccc2Cl)CC1. The van der Waals surface area contributed by atoms with Gasteiger partial charge >= 0.3 is 0 Å². The predicted molar refractivity (Wildman–Crippen MR) is 125 cm³/mol. The zero-order chi connectivity index (χ0) is 21.9. The molecule has 4 heterocycles. The molecule has 7 nitrogen and oxygen atoms in total. The molecule has 1 aromatic carbocycles. The summed E-state index contributed by atoms with van der Waals surface area (Å²) < 4.78 is 6.04. The van der Waals surface area contributed by atoms with E-state index in [9.17, 15) is 4.79 Å². The van der Waals surface area contributed by atoms with Crippen molar-refractivity contribution >= 4 is 46.1 Å². The average molecular weight is 466 g/mol. The lowest BCUT2D eigenvalue weighted by Gasteiger charge is -2.35. The topological polar surface area (TPSA) is 75.4 Å². The van der Waals surface area contributed by atoms with Crippen molar-refractivity contribution in [3.8, 4) is 0 Å². The van der Waals surface area contributed by atoms with Gasteiger partial charge in [0.1, 0.15) is 11.4 Å². The first-order valence-electron chi connectivity index (χ1n) is 10.3. The van der Waals surface area contributed by atoms with Crippen molar-refractivity contribution in [1.82, 2.24) is 19.9 Å². The molecule has 1 amide bonds. The number of hydrogen-bond acceptors (Lipinski definition) is 7. The Balaban J connectivity index is 1.36. The van der Waals surface area contributed by atoms with Crippen LogP contribution in [0.15, 0.2) is 70.6 Å². The lowest BCUT2D eigenvalue weighted by atomic mass is 10.1. The summed E-state index contributed by atoms with van der Waals surface area (Å²) in [5, 5.41) is 2.22. The molecule has 1 saturated heterocycles. The van der Waals surface area contributed by atoms with E-state index in [2.05, 4.69) is 19.9 Å². The summed E-state index contributed by atoms with van der Waals surface area (Å²) >= 11 is 7.78. The highest BCUT2D eigenvalue weighted by Crippen LogP contribution is 2.32. The standard InChI is InChI=1S/C23H20ClN5O2S/c24-18-6-3-8-25-21(18)28-11-13-29(14-12-28)22(30)20-17(15-32-23-26-9-4-10-27-23)16-5-1-2-7-19(16)31-20/h1-10H,11-15H2. The van der Waals surface area contributed by atoms with Crippen molar-refractivity contribution in [3.63, 3.8) is 0 Å². The van der Waals surface area contributed by atoms with E-state index < -0.39 is 0 Å². The van der Waals surface area contributed by atoms with Gasteiger partial charge in [0.25, 0.3) is 5.91 Å². The predicted octanol–water partition coefficient (Wildman–Crippen LogP) is 4.53. The molecule has 0 saturated carbocycles. The number of anilines is 1. The third kappa shape index (κ3) is 4.16. The number of furan rings is 1. The van der Waals surface area contributed by atoms with Crippen molar-refractivity contribution < 1.29 is 9.21 Å². The molecule has 4 aromatic rings. The van der Waals surface area contributed by atoms with E-state index in [0.717, 1.165) is 16.8 Å². The second-order valence-corrected chi connectivity index (χ2v) is 8.66. The Bertz CT molecular complexity index is 1240. The molecule has 1 fully saturated rings. The second kappa shape index (κ2) is 9.18. The van der Waals surface area contributed by atoms with Gasteiger partial charge in [-0.25, -0.2) is 15.0 Å². The Morgan fingerprint density at radius 1 is 0.969 bits per heavy atom. The Kier molecular flexibility index (Phi) is 5.96. The molecule has 0 spiro atoms. The number of hydrogen-bond donors (Lipinski definition) is 0. The summed E-state index contributed by atoms with van der Waals surface area (Å²) in [6.45, 7) is 2.45. The number of fused-ring (bicyclic) bond motifs is 1. The van der Waals surface area contributed by atoms with Crippen molar-refractivity contribution in [3.05, 3.63) is 77.4 Å². The number of nitrogens with zero attached hydrogens (tertiary/aromatic N) is 5. The summed E-state index contributed by atoms with van der Waals surface area (Å²) in [4.78, 5) is 30.3. The van der Waals surface area contributed by atoms with E-state index in [4.69, 9.17) is 16.0 Å². The number of thioether (sulfide) groups is 1. The van der Waals surface area contributed by atoms with Crippen LogP contribution in [0, 0.1) is 0 Å². The first-order chi connectivity index (χ1) is 15.7. The highest BCUT2D eigenvalue weighted by Gasteiger charge is 2.29. The van der Waals surface area contributed by atoms with Gasteiger partial charge in [-0.15, -0.1) is 0 Å². The molecule has 32 heavy (non-hydrogen) atoms. The first-order valence-corrected chi connectivity index (χ1v) is 11.6. The molecule has 0 bridgehead atoms. The van der Waals surface area contributed by atoms with E-state index in [-0.39, 0.29) is 5.91 Å². The van der Waals surface area contributed by atoms with Crippen LogP contribution < -0.4 is 4.90 Å². The van der Waals surface area contributed by atoms with Crippen LogP contribution in [-0.4, -0.2) is 51.9 Å². The first kappa shape index (κ1) is 20.8. The van der Waals surface area contributed by atoms with Gasteiger partial charge in [-0.2, -0.15) is 0 Å². The number of benzene rings is 1. The minimum Gasteiger partial charge on any atom is -0.451 e. The Labute approximate surface area is 194 Å². The van der Waals surface area contributed by atoms with Gasteiger partial charge in [-0.1, -0.05) is 41.6 Å². The molecule has 0 N–H and O–H groups in total.